The lowest BCUT2D eigenvalue weighted by atomic mass is 10.1. The molecule has 0 spiro atoms. The Kier molecular flexibility index (Phi) is 1.43. The zero-order valence-electron chi connectivity index (χ0n) is 6.35. The maximum atomic E-state index is 11.1. The van der Waals surface area contributed by atoms with Crippen LogP contribution < -0.4 is 0 Å². The van der Waals surface area contributed by atoms with Gasteiger partial charge in [-0.1, -0.05) is 13.2 Å². The van der Waals surface area contributed by atoms with E-state index in [1.807, 2.05) is 6.92 Å². The van der Waals surface area contributed by atoms with E-state index in [4.69, 9.17) is 0 Å². The molecule has 0 aromatic rings. The molecule has 52 valence electrons. The molecular weight excluding hydrogens is 125 g/mol. The molecule has 1 unspecified atom stereocenters. The molecule has 10 heavy (non-hydrogen) atoms. The lowest BCUT2D eigenvalue weighted by Crippen LogP contribution is -2.28. The van der Waals surface area contributed by atoms with E-state index in [1.165, 1.54) is 0 Å². The van der Waals surface area contributed by atoms with Crippen LogP contribution in [0.25, 0.3) is 0 Å². The van der Waals surface area contributed by atoms with Gasteiger partial charge in [0.1, 0.15) is 0 Å². The van der Waals surface area contributed by atoms with Crippen LogP contribution in [-0.2, 0) is 4.79 Å². The van der Waals surface area contributed by atoms with Crippen LogP contribution in [0.5, 0.6) is 0 Å². The van der Waals surface area contributed by atoms with E-state index in [9.17, 15) is 4.79 Å². The molecule has 1 saturated heterocycles. The van der Waals surface area contributed by atoms with Crippen molar-refractivity contribution >= 4 is 13.9 Å². The summed E-state index contributed by atoms with van der Waals surface area (Å²) >= 11 is 0. The van der Waals surface area contributed by atoms with E-state index in [0.29, 0.717) is 5.57 Å². The lowest BCUT2D eigenvalue weighted by molar-refractivity contribution is -0.121. The summed E-state index contributed by atoms with van der Waals surface area (Å²) in [6.07, 6.45) is 0. The fourth-order valence-corrected chi connectivity index (χ4v) is 1.01. The first-order chi connectivity index (χ1) is 4.55. The van der Waals surface area contributed by atoms with Crippen LogP contribution in [0.4, 0.5) is 0 Å². The highest BCUT2D eigenvalue weighted by Crippen LogP contribution is 2.24. The first kappa shape index (κ1) is 7.13. The van der Waals surface area contributed by atoms with Crippen molar-refractivity contribution in [1.29, 1.82) is 0 Å². The summed E-state index contributed by atoms with van der Waals surface area (Å²) in [6.45, 7) is 9.32. The minimum atomic E-state index is -0.00231. The standard InChI is InChI=1S/C7H10BNO/c1-4-5(2)7(10)9(8)6(4)3/h6H,1-2,8H2,3H3. The summed E-state index contributed by atoms with van der Waals surface area (Å²) in [5, 5.41) is 0. The molecule has 1 aliphatic heterocycles. The number of carbonyl (C=O) groups is 1. The Labute approximate surface area is 61.6 Å². The van der Waals surface area contributed by atoms with Crippen molar-refractivity contribution in [3.63, 3.8) is 0 Å². The molecule has 1 aliphatic rings. The van der Waals surface area contributed by atoms with Crippen LogP contribution in [0.2, 0.25) is 0 Å². The van der Waals surface area contributed by atoms with Crippen LogP contribution >= 0.6 is 0 Å². The predicted molar refractivity (Wildman–Crippen MR) is 43.1 cm³/mol. The van der Waals surface area contributed by atoms with Gasteiger partial charge in [-0.05, 0) is 12.5 Å². The zero-order valence-corrected chi connectivity index (χ0v) is 6.35. The van der Waals surface area contributed by atoms with Crippen molar-refractivity contribution in [2.24, 2.45) is 0 Å². The summed E-state index contributed by atoms with van der Waals surface area (Å²) in [4.78, 5) is 12.7. The van der Waals surface area contributed by atoms with Gasteiger partial charge >= 0.3 is 0 Å². The average molecular weight is 135 g/mol. The summed E-state index contributed by atoms with van der Waals surface area (Å²) in [7, 11) is 1.76. The second-order valence-electron chi connectivity index (χ2n) is 2.60. The molecule has 0 bridgehead atoms. The van der Waals surface area contributed by atoms with Crippen molar-refractivity contribution < 1.29 is 4.79 Å². The van der Waals surface area contributed by atoms with E-state index in [-0.39, 0.29) is 11.9 Å². The second kappa shape index (κ2) is 2.01. The van der Waals surface area contributed by atoms with E-state index < -0.39 is 0 Å². The molecular formula is C7H10BNO. The minimum Gasteiger partial charge on any atom is -0.383 e. The van der Waals surface area contributed by atoms with Gasteiger partial charge in [0.15, 0.2) is 0 Å². The molecule has 0 aromatic heterocycles. The van der Waals surface area contributed by atoms with Gasteiger partial charge in [-0.25, -0.2) is 0 Å². The molecule has 0 N–H and O–H groups in total. The number of amides is 1. The van der Waals surface area contributed by atoms with Gasteiger partial charge in [0, 0.05) is 11.6 Å². The minimum absolute atomic E-state index is 0.00231. The topological polar surface area (TPSA) is 20.3 Å². The molecule has 0 saturated carbocycles. The number of hydrogen-bond donors (Lipinski definition) is 0. The van der Waals surface area contributed by atoms with Gasteiger partial charge in [0.25, 0.3) is 0 Å². The molecule has 0 aromatic carbocycles. The SMILES string of the molecule is BN1C(=O)C(=C)C(=C)C1C. The fraction of sp³-hybridized carbons (Fsp3) is 0.286. The van der Waals surface area contributed by atoms with Crippen LogP contribution in [-0.4, -0.2) is 24.7 Å². The third kappa shape index (κ3) is 0.702. The summed E-state index contributed by atoms with van der Waals surface area (Å²) in [5.41, 5.74) is 1.39. The Balaban J connectivity index is 3.00. The Morgan fingerprint density at radius 2 is 2.10 bits per heavy atom. The third-order valence-electron chi connectivity index (χ3n) is 2.05. The van der Waals surface area contributed by atoms with E-state index in [1.54, 1.807) is 12.8 Å². The number of rotatable bonds is 0. The molecule has 0 aliphatic carbocycles. The number of carbonyl (C=O) groups excluding carboxylic acids is 1. The zero-order chi connectivity index (χ0) is 7.89. The van der Waals surface area contributed by atoms with Crippen molar-refractivity contribution in [3.05, 3.63) is 24.3 Å². The maximum Gasteiger partial charge on any atom is 0.241 e. The van der Waals surface area contributed by atoms with Crippen LogP contribution in [0.1, 0.15) is 6.92 Å². The summed E-state index contributed by atoms with van der Waals surface area (Å²) < 4.78 is 0. The van der Waals surface area contributed by atoms with Crippen molar-refractivity contribution in [2.75, 3.05) is 0 Å². The smallest absolute Gasteiger partial charge is 0.241 e. The van der Waals surface area contributed by atoms with Gasteiger partial charge in [0.05, 0.1) is 0 Å². The highest BCUT2D eigenvalue weighted by atomic mass is 16.2. The molecule has 3 heteroatoms. The normalized spacial score (nSPS) is 26.3. The van der Waals surface area contributed by atoms with Crippen LogP contribution in [0, 0.1) is 0 Å². The molecule has 1 amide bonds. The predicted octanol–water partition coefficient (Wildman–Crippen LogP) is -0.122. The Morgan fingerprint density at radius 3 is 2.20 bits per heavy atom. The Hall–Kier alpha value is -0.985. The molecule has 1 atom stereocenters. The molecule has 1 fully saturated rings. The van der Waals surface area contributed by atoms with Gasteiger partial charge in [0.2, 0.25) is 13.9 Å². The monoisotopic (exact) mass is 135 g/mol. The molecule has 1 heterocycles. The lowest BCUT2D eigenvalue weighted by Gasteiger charge is -2.14. The van der Waals surface area contributed by atoms with E-state index in [0.717, 1.165) is 5.57 Å². The largest absolute Gasteiger partial charge is 0.383 e. The number of nitrogens with zero attached hydrogens (tertiary/aromatic N) is 1. The summed E-state index contributed by atoms with van der Waals surface area (Å²) in [5.74, 6) is -0.00231. The van der Waals surface area contributed by atoms with E-state index in [2.05, 4.69) is 13.2 Å². The first-order valence-corrected chi connectivity index (χ1v) is 3.21. The van der Waals surface area contributed by atoms with Crippen LogP contribution in [0.3, 0.4) is 0 Å². The highest BCUT2D eigenvalue weighted by Gasteiger charge is 2.30. The fourth-order valence-electron chi connectivity index (χ4n) is 1.01. The van der Waals surface area contributed by atoms with Gasteiger partial charge < -0.3 is 4.81 Å². The quantitative estimate of drug-likeness (QED) is 0.335. The Morgan fingerprint density at radius 1 is 1.60 bits per heavy atom. The maximum absolute atomic E-state index is 11.1. The first-order valence-electron chi connectivity index (χ1n) is 3.21. The van der Waals surface area contributed by atoms with Gasteiger partial charge in [-0.2, -0.15) is 0 Å². The highest BCUT2D eigenvalue weighted by molar-refractivity contribution is 6.21. The van der Waals surface area contributed by atoms with Crippen molar-refractivity contribution in [1.82, 2.24) is 4.81 Å². The Bertz CT molecular complexity index is 200. The summed E-state index contributed by atoms with van der Waals surface area (Å²) in [6, 6.07) is 0.125. The van der Waals surface area contributed by atoms with Crippen molar-refractivity contribution in [2.45, 2.75) is 13.0 Å². The molecule has 0 radical (unpaired) electrons. The average Bonchev–Trinajstić information content (AvgIpc) is 2.07. The van der Waals surface area contributed by atoms with Crippen LogP contribution in [0.15, 0.2) is 24.3 Å². The van der Waals surface area contributed by atoms with Gasteiger partial charge in [-0.3, -0.25) is 4.79 Å². The second-order valence-corrected chi connectivity index (χ2v) is 2.60. The van der Waals surface area contributed by atoms with Crippen molar-refractivity contribution in [3.8, 4) is 0 Å². The third-order valence-corrected chi connectivity index (χ3v) is 2.05. The van der Waals surface area contributed by atoms with Gasteiger partial charge in [-0.15, -0.1) is 0 Å². The molecule has 2 nitrogen and oxygen atoms in total. The number of hydrogen-bond acceptors (Lipinski definition) is 1. The van der Waals surface area contributed by atoms with E-state index >= 15 is 0 Å². The molecule has 1 rings (SSSR count).